The Morgan fingerprint density at radius 1 is 1.26 bits per heavy atom. The van der Waals surface area contributed by atoms with Crippen molar-refractivity contribution >= 4 is 0 Å². The first-order chi connectivity index (χ1) is 9.29. The van der Waals surface area contributed by atoms with Crippen LogP contribution in [0, 0.1) is 6.92 Å². The van der Waals surface area contributed by atoms with Gasteiger partial charge >= 0.3 is 0 Å². The molecule has 0 saturated heterocycles. The number of methoxy groups -OCH3 is 1. The molecule has 102 valence electrons. The molecular formula is C15H21N3O. The Morgan fingerprint density at radius 3 is 2.89 bits per heavy atom. The molecule has 0 radical (unpaired) electrons. The van der Waals surface area contributed by atoms with Gasteiger partial charge in [0.1, 0.15) is 0 Å². The number of nitrogens with one attached hydrogen (secondary N) is 1. The Balaban J connectivity index is 1.89. The van der Waals surface area contributed by atoms with E-state index in [1.54, 1.807) is 7.11 Å². The fourth-order valence-corrected chi connectivity index (χ4v) is 1.94. The minimum atomic E-state index is 0.726. The van der Waals surface area contributed by atoms with Gasteiger partial charge in [-0.15, -0.1) is 0 Å². The van der Waals surface area contributed by atoms with Gasteiger partial charge in [-0.3, -0.25) is 4.68 Å². The van der Waals surface area contributed by atoms with Gasteiger partial charge in [-0.2, -0.15) is 5.10 Å². The number of aromatic nitrogens is 2. The molecule has 1 aromatic heterocycles. The molecule has 2 rings (SSSR count). The van der Waals surface area contributed by atoms with Gasteiger partial charge in [-0.25, -0.2) is 0 Å². The van der Waals surface area contributed by atoms with Crippen molar-refractivity contribution in [3.05, 3.63) is 53.3 Å². The van der Waals surface area contributed by atoms with Crippen LogP contribution in [0.15, 0.2) is 36.5 Å². The van der Waals surface area contributed by atoms with E-state index in [-0.39, 0.29) is 0 Å². The molecule has 0 bridgehead atoms. The maximum Gasteiger partial charge on any atom is 0.0762 e. The maximum absolute atomic E-state index is 4.99. The van der Waals surface area contributed by atoms with Crippen LogP contribution in [-0.2, 0) is 17.8 Å². The van der Waals surface area contributed by atoms with Crippen molar-refractivity contribution in [2.45, 2.75) is 20.0 Å². The number of rotatable bonds is 7. The molecule has 4 heteroatoms. The number of hydrogen-bond donors (Lipinski definition) is 1. The highest BCUT2D eigenvalue weighted by Crippen LogP contribution is 2.09. The van der Waals surface area contributed by atoms with Gasteiger partial charge in [-0.1, -0.05) is 24.3 Å². The lowest BCUT2D eigenvalue weighted by molar-refractivity contribution is 0.199. The highest BCUT2D eigenvalue weighted by atomic mass is 16.5. The molecule has 0 aliphatic rings. The number of benzene rings is 1. The molecule has 0 spiro atoms. The van der Waals surface area contributed by atoms with E-state index in [1.165, 1.54) is 11.1 Å². The SMILES string of the molecule is COCCNCc1ccn(Cc2ccccc2C)n1. The molecule has 4 nitrogen and oxygen atoms in total. The summed E-state index contributed by atoms with van der Waals surface area (Å²) >= 11 is 0. The normalized spacial score (nSPS) is 10.8. The summed E-state index contributed by atoms with van der Waals surface area (Å²) in [4.78, 5) is 0. The third-order valence-electron chi connectivity index (χ3n) is 3.08. The predicted octanol–water partition coefficient (Wildman–Crippen LogP) is 1.98. The summed E-state index contributed by atoms with van der Waals surface area (Å²) in [5.74, 6) is 0. The second-order valence-electron chi connectivity index (χ2n) is 4.60. The Kier molecular flexibility index (Phi) is 5.12. The van der Waals surface area contributed by atoms with Crippen molar-refractivity contribution < 1.29 is 4.74 Å². The molecule has 0 fully saturated rings. The number of hydrogen-bond acceptors (Lipinski definition) is 3. The molecule has 2 aromatic rings. The van der Waals surface area contributed by atoms with Crippen LogP contribution in [0.5, 0.6) is 0 Å². The predicted molar refractivity (Wildman–Crippen MR) is 76.1 cm³/mol. The zero-order valence-corrected chi connectivity index (χ0v) is 11.6. The molecule has 0 aliphatic heterocycles. The molecule has 19 heavy (non-hydrogen) atoms. The summed E-state index contributed by atoms with van der Waals surface area (Å²) in [6, 6.07) is 10.5. The number of ether oxygens (including phenoxy) is 1. The molecule has 0 amide bonds. The first-order valence-electron chi connectivity index (χ1n) is 6.56. The quantitative estimate of drug-likeness (QED) is 0.773. The van der Waals surface area contributed by atoms with Crippen LogP contribution >= 0.6 is 0 Å². The lowest BCUT2D eigenvalue weighted by atomic mass is 10.1. The summed E-state index contributed by atoms with van der Waals surface area (Å²) in [6.07, 6.45) is 2.03. The number of nitrogens with zero attached hydrogens (tertiary/aromatic N) is 2. The summed E-state index contributed by atoms with van der Waals surface area (Å²) in [5, 5.41) is 7.85. The molecule has 0 aliphatic carbocycles. The topological polar surface area (TPSA) is 39.1 Å². The van der Waals surface area contributed by atoms with Crippen molar-refractivity contribution in [2.24, 2.45) is 0 Å². The smallest absolute Gasteiger partial charge is 0.0762 e. The van der Waals surface area contributed by atoms with Crippen molar-refractivity contribution in [3.8, 4) is 0 Å². The zero-order chi connectivity index (χ0) is 13.5. The molecule has 1 aromatic carbocycles. The second kappa shape index (κ2) is 7.07. The fraction of sp³-hybridized carbons (Fsp3) is 0.400. The third kappa shape index (κ3) is 4.19. The highest BCUT2D eigenvalue weighted by Gasteiger charge is 2.01. The first-order valence-corrected chi connectivity index (χ1v) is 6.56. The summed E-state index contributed by atoms with van der Waals surface area (Å²) in [5.41, 5.74) is 3.67. The minimum Gasteiger partial charge on any atom is -0.383 e. The van der Waals surface area contributed by atoms with Gasteiger partial charge in [-0.05, 0) is 24.1 Å². The second-order valence-corrected chi connectivity index (χ2v) is 4.60. The monoisotopic (exact) mass is 259 g/mol. The summed E-state index contributed by atoms with van der Waals surface area (Å²) < 4.78 is 6.97. The Morgan fingerprint density at radius 2 is 2.11 bits per heavy atom. The van der Waals surface area contributed by atoms with E-state index in [2.05, 4.69) is 47.7 Å². The zero-order valence-electron chi connectivity index (χ0n) is 11.6. The summed E-state index contributed by atoms with van der Waals surface area (Å²) in [7, 11) is 1.71. The van der Waals surface area contributed by atoms with E-state index < -0.39 is 0 Å². The van der Waals surface area contributed by atoms with Gasteiger partial charge < -0.3 is 10.1 Å². The standard InChI is InChI=1S/C15H21N3O/c1-13-5-3-4-6-14(13)12-18-9-7-15(17-18)11-16-8-10-19-2/h3-7,9,16H,8,10-12H2,1-2H3. The number of aryl methyl sites for hydroxylation is 1. The van der Waals surface area contributed by atoms with Crippen LogP contribution in [0.1, 0.15) is 16.8 Å². The van der Waals surface area contributed by atoms with Gasteiger partial charge in [0.25, 0.3) is 0 Å². The third-order valence-corrected chi connectivity index (χ3v) is 3.08. The van der Waals surface area contributed by atoms with E-state index in [0.29, 0.717) is 0 Å². The molecule has 0 atom stereocenters. The lowest BCUT2D eigenvalue weighted by Crippen LogP contribution is -2.19. The summed E-state index contributed by atoms with van der Waals surface area (Å²) in [6.45, 7) is 5.31. The molecule has 1 N–H and O–H groups in total. The maximum atomic E-state index is 4.99. The Labute approximate surface area is 114 Å². The molecule has 0 unspecified atom stereocenters. The van der Waals surface area contributed by atoms with E-state index >= 15 is 0 Å². The van der Waals surface area contributed by atoms with Crippen LogP contribution in [-0.4, -0.2) is 30.0 Å². The average Bonchev–Trinajstić information content (AvgIpc) is 2.85. The van der Waals surface area contributed by atoms with E-state index in [4.69, 9.17) is 4.74 Å². The fourth-order valence-electron chi connectivity index (χ4n) is 1.94. The van der Waals surface area contributed by atoms with E-state index in [9.17, 15) is 0 Å². The Bertz CT molecular complexity index is 508. The van der Waals surface area contributed by atoms with Crippen molar-refractivity contribution in [2.75, 3.05) is 20.3 Å². The molecule has 0 saturated carbocycles. The highest BCUT2D eigenvalue weighted by molar-refractivity contribution is 5.25. The van der Waals surface area contributed by atoms with E-state index in [1.807, 2.05) is 10.9 Å². The van der Waals surface area contributed by atoms with Crippen LogP contribution in [0.4, 0.5) is 0 Å². The van der Waals surface area contributed by atoms with Crippen LogP contribution in [0.25, 0.3) is 0 Å². The first kappa shape index (κ1) is 13.8. The van der Waals surface area contributed by atoms with Crippen LogP contribution in [0.3, 0.4) is 0 Å². The van der Waals surface area contributed by atoms with Crippen molar-refractivity contribution in [3.63, 3.8) is 0 Å². The minimum absolute atomic E-state index is 0.726. The Hall–Kier alpha value is -1.65. The van der Waals surface area contributed by atoms with Gasteiger partial charge in [0.15, 0.2) is 0 Å². The molecular weight excluding hydrogens is 238 g/mol. The van der Waals surface area contributed by atoms with Crippen LogP contribution < -0.4 is 5.32 Å². The van der Waals surface area contributed by atoms with Crippen LogP contribution in [0.2, 0.25) is 0 Å². The largest absolute Gasteiger partial charge is 0.383 e. The lowest BCUT2D eigenvalue weighted by Gasteiger charge is -2.05. The van der Waals surface area contributed by atoms with Crippen molar-refractivity contribution in [1.29, 1.82) is 0 Å². The van der Waals surface area contributed by atoms with Crippen molar-refractivity contribution in [1.82, 2.24) is 15.1 Å². The molecule has 1 heterocycles. The average molecular weight is 259 g/mol. The van der Waals surface area contributed by atoms with Gasteiger partial charge in [0, 0.05) is 26.4 Å². The van der Waals surface area contributed by atoms with Gasteiger partial charge in [0.2, 0.25) is 0 Å². The van der Waals surface area contributed by atoms with Gasteiger partial charge in [0.05, 0.1) is 18.8 Å². The van der Waals surface area contributed by atoms with E-state index in [0.717, 1.165) is 31.9 Å².